The Morgan fingerprint density at radius 3 is 2.78 bits per heavy atom. The molecule has 1 aliphatic heterocycles. The smallest absolute Gasteiger partial charge is 0.303 e. The van der Waals surface area contributed by atoms with Gasteiger partial charge in [0.2, 0.25) is 6.79 Å². The summed E-state index contributed by atoms with van der Waals surface area (Å²) in [6, 6.07) is 3.64. The number of carboxylic acids is 1. The highest BCUT2D eigenvalue weighted by molar-refractivity contribution is 5.66. The molecule has 1 aromatic carbocycles. The molecule has 98 valence electrons. The molecule has 5 heteroatoms. The van der Waals surface area contributed by atoms with Crippen LogP contribution in [0.2, 0.25) is 0 Å². The molecule has 0 amide bonds. The van der Waals surface area contributed by atoms with Crippen molar-refractivity contribution in [3.8, 4) is 11.5 Å². The summed E-state index contributed by atoms with van der Waals surface area (Å²) in [4.78, 5) is 10.5. The van der Waals surface area contributed by atoms with Crippen molar-refractivity contribution in [2.75, 3.05) is 6.79 Å². The standard InChI is InChI=1S/C13H17NO4/c1-8-5-11-12(18-7-17-11)6-9(8)10(14)3-2-4-13(15)16/h5-6,10H,2-4,7,14H2,1H3,(H,15,16). The highest BCUT2D eigenvalue weighted by atomic mass is 16.7. The van der Waals surface area contributed by atoms with Crippen molar-refractivity contribution in [2.24, 2.45) is 5.73 Å². The van der Waals surface area contributed by atoms with Crippen LogP contribution in [-0.2, 0) is 4.79 Å². The second kappa shape index (κ2) is 5.27. The number of carboxylic acid groups (broad SMARTS) is 1. The van der Waals surface area contributed by atoms with Crippen LogP contribution in [0.25, 0.3) is 0 Å². The highest BCUT2D eigenvalue weighted by Gasteiger charge is 2.18. The van der Waals surface area contributed by atoms with E-state index in [1.807, 2.05) is 19.1 Å². The molecular weight excluding hydrogens is 234 g/mol. The van der Waals surface area contributed by atoms with E-state index >= 15 is 0 Å². The number of fused-ring (bicyclic) bond motifs is 1. The van der Waals surface area contributed by atoms with Gasteiger partial charge in [-0.1, -0.05) is 0 Å². The summed E-state index contributed by atoms with van der Waals surface area (Å²) in [6.07, 6.45) is 1.37. The highest BCUT2D eigenvalue weighted by Crippen LogP contribution is 2.36. The van der Waals surface area contributed by atoms with Gasteiger partial charge >= 0.3 is 5.97 Å². The molecule has 1 atom stereocenters. The Labute approximate surface area is 106 Å². The second-order valence-electron chi connectivity index (χ2n) is 4.45. The van der Waals surface area contributed by atoms with Crippen LogP contribution in [0.1, 0.15) is 36.4 Å². The Morgan fingerprint density at radius 2 is 2.11 bits per heavy atom. The summed E-state index contributed by atoms with van der Waals surface area (Å²) in [7, 11) is 0. The summed E-state index contributed by atoms with van der Waals surface area (Å²) in [6.45, 7) is 2.21. The topological polar surface area (TPSA) is 81.8 Å². The van der Waals surface area contributed by atoms with Crippen LogP contribution >= 0.6 is 0 Å². The van der Waals surface area contributed by atoms with Gasteiger partial charge < -0.3 is 20.3 Å². The molecule has 0 aromatic heterocycles. The molecule has 0 saturated heterocycles. The van der Waals surface area contributed by atoms with Crippen LogP contribution in [0.4, 0.5) is 0 Å². The SMILES string of the molecule is Cc1cc2c(cc1C(N)CCCC(=O)O)OCO2. The van der Waals surface area contributed by atoms with Gasteiger partial charge in [0.05, 0.1) is 0 Å². The van der Waals surface area contributed by atoms with Gasteiger partial charge in [-0.3, -0.25) is 4.79 Å². The molecule has 18 heavy (non-hydrogen) atoms. The fourth-order valence-corrected chi connectivity index (χ4v) is 2.09. The molecule has 1 heterocycles. The minimum absolute atomic E-state index is 0.150. The third kappa shape index (κ3) is 2.73. The largest absolute Gasteiger partial charge is 0.481 e. The maximum Gasteiger partial charge on any atom is 0.303 e. The summed E-state index contributed by atoms with van der Waals surface area (Å²) >= 11 is 0. The van der Waals surface area contributed by atoms with Crippen molar-refractivity contribution in [1.82, 2.24) is 0 Å². The van der Waals surface area contributed by atoms with Crippen molar-refractivity contribution >= 4 is 5.97 Å². The number of benzene rings is 1. The Hall–Kier alpha value is -1.75. The quantitative estimate of drug-likeness (QED) is 0.836. The molecule has 0 bridgehead atoms. The number of carbonyl (C=O) groups is 1. The zero-order valence-corrected chi connectivity index (χ0v) is 10.3. The number of ether oxygens (including phenoxy) is 2. The first-order valence-corrected chi connectivity index (χ1v) is 5.95. The average Bonchev–Trinajstić information content (AvgIpc) is 2.74. The fraction of sp³-hybridized carbons (Fsp3) is 0.462. The molecule has 5 nitrogen and oxygen atoms in total. The van der Waals surface area contributed by atoms with Crippen LogP contribution in [0, 0.1) is 6.92 Å². The predicted octanol–water partition coefficient (Wildman–Crippen LogP) is 1.98. The van der Waals surface area contributed by atoms with Crippen LogP contribution in [0.15, 0.2) is 12.1 Å². The van der Waals surface area contributed by atoms with Crippen molar-refractivity contribution in [3.63, 3.8) is 0 Å². The first-order chi connectivity index (χ1) is 8.58. The van der Waals surface area contributed by atoms with Crippen molar-refractivity contribution in [2.45, 2.75) is 32.2 Å². The van der Waals surface area contributed by atoms with Crippen molar-refractivity contribution in [3.05, 3.63) is 23.3 Å². The van der Waals surface area contributed by atoms with E-state index in [1.54, 1.807) is 0 Å². The lowest BCUT2D eigenvalue weighted by Crippen LogP contribution is -2.12. The normalized spacial score (nSPS) is 14.6. The molecule has 0 saturated carbocycles. The second-order valence-corrected chi connectivity index (χ2v) is 4.45. The van der Waals surface area contributed by atoms with E-state index in [0.717, 1.165) is 16.9 Å². The molecule has 0 aliphatic carbocycles. The van der Waals surface area contributed by atoms with Gasteiger partial charge in [-0.05, 0) is 43.0 Å². The van der Waals surface area contributed by atoms with Crippen LogP contribution < -0.4 is 15.2 Å². The molecule has 2 rings (SSSR count). The maximum absolute atomic E-state index is 10.5. The van der Waals surface area contributed by atoms with Crippen molar-refractivity contribution in [1.29, 1.82) is 0 Å². The van der Waals surface area contributed by atoms with Gasteiger partial charge in [-0.2, -0.15) is 0 Å². The molecule has 1 unspecified atom stereocenters. The Morgan fingerprint density at radius 1 is 1.44 bits per heavy atom. The molecular formula is C13H17NO4. The zero-order chi connectivity index (χ0) is 13.1. The maximum atomic E-state index is 10.5. The number of hydrogen-bond donors (Lipinski definition) is 2. The average molecular weight is 251 g/mol. The van der Waals surface area contributed by atoms with Gasteiger partial charge in [-0.15, -0.1) is 0 Å². The summed E-state index contributed by atoms with van der Waals surface area (Å²) in [5.74, 6) is 0.669. The molecule has 0 fully saturated rings. The van der Waals surface area contributed by atoms with Crippen molar-refractivity contribution < 1.29 is 19.4 Å². The number of aryl methyl sites for hydroxylation is 1. The Bertz CT molecular complexity index is 459. The van der Waals surface area contributed by atoms with Gasteiger partial charge in [0.25, 0.3) is 0 Å². The van der Waals surface area contributed by atoms with E-state index in [-0.39, 0.29) is 19.3 Å². The lowest BCUT2D eigenvalue weighted by molar-refractivity contribution is -0.137. The monoisotopic (exact) mass is 251 g/mol. The van der Waals surface area contributed by atoms with E-state index in [2.05, 4.69) is 0 Å². The van der Waals surface area contributed by atoms with E-state index in [9.17, 15) is 4.79 Å². The molecule has 0 radical (unpaired) electrons. The number of rotatable bonds is 5. The molecule has 1 aromatic rings. The molecule has 3 N–H and O–H groups in total. The lowest BCUT2D eigenvalue weighted by atomic mass is 9.97. The number of nitrogens with two attached hydrogens (primary N) is 1. The molecule has 0 spiro atoms. The fourth-order valence-electron chi connectivity index (χ4n) is 2.09. The lowest BCUT2D eigenvalue weighted by Gasteiger charge is -2.15. The van der Waals surface area contributed by atoms with Crippen LogP contribution in [0.5, 0.6) is 11.5 Å². The summed E-state index contributed by atoms with van der Waals surface area (Å²) in [5, 5.41) is 8.60. The van der Waals surface area contributed by atoms with E-state index < -0.39 is 5.97 Å². The minimum Gasteiger partial charge on any atom is -0.481 e. The summed E-state index contributed by atoms with van der Waals surface area (Å²) < 4.78 is 10.6. The number of hydrogen-bond acceptors (Lipinski definition) is 4. The first kappa shape index (κ1) is 12.7. The number of aliphatic carboxylic acids is 1. The predicted molar refractivity (Wildman–Crippen MR) is 65.7 cm³/mol. The van der Waals surface area contributed by atoms with E-state index in [1.165, 1.54) is 0 Å². The third-order valence-electron chi connectivity index (χ3n) is 3.07. The van der Waals surface area contributed by atoms with E-state index in [0.29, 0.717) is 18.6 Å². The van der Waals surface area contributed by atoms with Gasteiger partial charge in [0, 0.05) is 12.5 Å². The summed E-state index contributed by atoms with van der Waals surface area (Å²) in [5.41, 5.74) is 8.12. The van der Waals surface area contributed by atoms with E-state index in [4.69, 9.17) is 20.3 Å². The first-order valence-electron chi connectivity index (χ1n) is 5.95. The van der Waals surface area contributed by atoms with Crippen LogP contribution in [0.3, 0.4) is 0 Å². The van der Waals surface area contributed by atoms with Gasteiger partial charge in [-0.25, -0.2) is 0 Å². The Kier molecular flexibility index (Phi) is 3.72. The zero-order valence-electron chi connectivity index (χ0n) is 10.3. The third-order valence-corrected chi connectivity index (χ3v) is 3.07. The van der Waals surface area contributed by atoms with Crippen LogP contribution in [-0.4, -0.2) is 17.9 Å². The minimum atomic E-state index is -0.787. The van der Waals surface area contributed by atoms with Gasteiger partial charge in [0.1, 0.15) is 0 Å². The Balaban J connectivity index is 2.05. The molecule has 1 aliphatic rings. The van der Waals surface area contributed by atoms with Gasteiger partial charge in [0.15, 0.2) is 11.5 Å².